The van der Waals surface area contributed by atoms with E-state index in [9.17, 15) is 4.79 Å². The van der Waals surface area contributed by atoms with Crippen LogP contribution >= 0.6 is 0 Å². The zero-order valence-corrected chi connectivity index (χ0v) is 13.0. The molecule has 4 heteroatoms. The van der Waals surface area contributed by atoms with Gasteiger partial charge < -0.3 is 16.0 Å². The van der Waals surface area contributed by atoms with Crippen molar-refractivity contribution in [2.45, 2.75) is 32.7 Å². The largest absolute Gasteiger partial charge is 0.398 e. The summed E-state index contributed by atoms with van der Waals surface area (Å²) in [7, 11) is 4.04. The van der Waals surface area contributed by atoms with Gasteiger partial charge in [-0.25, -0.2) is 0 Å². The lowest BCUT2D eigenvalue weighted by Crippen LogP contribution is -2.43. The fourth-order valence-corrected chi connectivity index (χ4v) is 2.34. The summed E-state index contributed by atoms with van der Waals surface area (Å²) in [5.41, 5.74) is 7.44. The van der Waals surface area contributed by atoms with Gasteiger partial charge in [0, 0.05) is 18.3 Å². The quantitative estimate of drug-likeness (QED) is 0.748. The van der Waals surface area contributed by atoms with Crippen molar-refractivity contribution in [1.29, 1.82) is 0 Å². The summed E-state index contributed by atoms with van der Waals surface area (Å²) in [5.74, 6) is 0.595. The van der Waals surface area contributed by atoms with Gasteiger partial charge in [0.1, 0.15) is 0 Å². The summed E-state index contributed by atoms with van der Waals surface area (Å²) in [6, 6.07) is 7.70. The maximum absolute atomic E-state index is 12.2. The molecule has 0 bridgehead atoms. The molecule has 1 unspecified atom stereocenters. The molecule has 20 heavy (non-hydrogen) atoms. The van der Waals surface area contributed by atoms with Gasteiger partial charge >= 0.3 is 0 Å². The van der Waals surface area contributed by atoms with Crippen LogP contribution in [0.2, 0.25) is 0 Å². The van der Waals surface area contributed by atoms with E-state index >= 15 is 0 Å². The third-order valence-electron chi connectivity index (χ3n) is 3.11. The van der Waals surface area contributed by atoms with E-state index in [-0.39, 0.29) is 11.9 Å². The second-order valence-electron chi connectivity index (χ2n) is 6.03. The Labute approximate surface area is 122 Å². The Kier molecular flexibility index (Phi) is 6.52. The van der Waals surface area contributed by atoms with E-state index in [1.54, 1.807) is 0 Å². The van der Waals surface area contributed by atoms with Crippen LogP contribution in [0.3, 0.4) is 0 Å². The van der Waals surface area contributed by atoms with Crippen molar-refractivity contribution in [3.8, 4) is 0 Å². The molecular formula is C16H27N3O. The molecule has 0 aliphatic heterocycles. The molecular weight excluding hydrogens is 250 g/mol. The first-order valence-corrected chi connectivity index (χ1v) is 7.16. The van der Waals surface area contributed by atoms with Crippen LogP contribution in [-0.2, 0) is 11.2 Å². The summed E-state index contributed by atoms with van der Waals surface area (Å²) in [5, 5.41) is 3.12. The van der Waals surface area contributed by atoms with Gasteiger partial charge in [-0.1, -0.05) is 32.0 Å². The number of rotatable bonds is 7. The minimum Gasteiger partial charge on any atom is -0.398 e. The van der Waals surface area contributed by atoms with Crippen molar-refractivity contribution in [3.63, 3.8) is 0 Å². The van der Waals surface area contributed by atoms with Crippen molar-refractivity contribution in [2.24, 2.45) is 5.92 Å². The van der Waals surface area contributed by atoms with Crippen LogP contribution in [0.25, 0.3) is 0 Å². The minimum atomic E-state index is 0.0374. The van der Waals surface area contributed by atoms with Gasteiger partial charge in [0.25, 0.3) is 0 Å². The average molecular weight is 277 g/mol. The summed E-state index contributed by atoms with van der Waals surface area (Å²) in [6.07, 6.45) is 1.32. The lowest BCUT2D eigenvalue weighted by atomic mass is 10.0. The van der Waals surface area contributed by atoms with E-state index in [1.165, 1.54) is 0 Å². The molecule has 4 nitrogen and oxygen atoms in total. The van der Waals surface area contributed by atoms with Gasteiger partial charge in [-0.05, 0) is 38.1 Å². The monoisotopic (exact) mass is 277 g/mol. The summed E-state index contributed by atoms with van der Waals surface area (Å²) in [6.45, 7) is 5.20. The van der Waals surface area contributed by atoms with Crippen molar-refractivity contribution < 1.29 is 4.79 Å². The number of carbonyl (C=O) groups is 1. The molecule has 0 aromatic heterocycles. The Balaban J connectivity index is 2.59. The van der Waals surface area contributed by atoms with Gasteiger partial charge in [-0.15, -0.1) is 0 Å². The van der Waals surface area contributed by atoms with Gasteiger partial charge in [-0.2, -0.15) is 0 Å². The number of benzene rings is 1. The average Bonchev–Trinajstić information content (AvgIpc) is 2.30. The molecule has 0 spiro atoms. The third kappa shape index (κ3) is 6.06. The SMILES string of the molecule is CC(C)CC(CN(C)C)NC(=O)Cc1ccccc1N. The van der Waals surface area contributed by atoms with Crippen LogP contribution in [0.15, 0.2) is 24.3 Å². The molecule has 0 aliphatic rings. The molecule has 1 aromatic rings. The smallest absolute Gasteiger partial charge is 0.224 e. The van der Waals surface area contributed by atoms with Crippen LogP contribution in [0.4, 0.5) is 5.69 Å². The Morgan fingerprint density at radius 1 is 1.30 bits per heavy atom. The van der Waals surface area contributed by atoms with Crippen LogP contribution < -0.4 is 11.1 Å². The first-order chi connectivity index (χ1) is 9.38. The van der Waals surface area contributed by atoms with Gasteiger partial charge in [-0.3, -0.25) is 4.79 Å². The highest BCUT2D eigenvalue weighted by Crippen LogP contribution is 2.12. The fourth-order valence-electron chi connectivity index (χ4n) is 2.34. The highest BCUT2D eigenvalue weighted by molar-refractivity contribution is 5.80. The highest BCUT2D eigenvalue weighted by atomic mass is 16.1. The number of carbonyl (C=O) groups excluding carboxylic acids is 1. The number of para-hydroxylation sites is 1. The maximum atomic E-state index is 12.2. The number of nitrogen functional groups attached to an aromatic ring is 1. The Hall–Kier alpha value is -1.55. The number of anilines is 1. The van der Waals surface area contributed by atoms with Crippen LogP contribution in [-0.4, -0.2) is 37.5 Å². The number of amides is 1. The van der Waals surface area contributed by atoms with Crippen molar-refractivity contribution >= 4 is 11.6 Å². The Bertz CT molecular complexity index is 419. The predicted molar refractivity (Wildman–Crippen MR) is 84.5 cm³/mol. The molecule has 1 atom stereocenters. The van der Waals surface area contributed by atoms with E-state index in [2.05, 4.69) is 24.1 Å². The number of likely N-dealkylation sites (N-methyl/N-ethyl adjacent to an activating group) is 1. The first-order valence-electron chi connectivity index (χ1n) is 7.16. The minimum absolute atomic E-state index is 0.0374. The van der Waals surface area contributed by atoms with Crippen molar-refractivity contribution in [3.05, 3.63) is 29.8 Å². The zero-order chi connectivity index (χ0) is 15.1. The number of nitrogens with two attached hydrogens (primary N) is 1. The van der Waals surface area contributed by atoms with E-state index in [0.717, 1.165) is 18.5 Å². The molecule has 1 aromatic carbocycles. The molecule has 0 heterocycles. The second kappa shape index (κ2) is 7.90. The molecule has 0 saturated carbocycles. The Morgan fingerprint density at radius 2 is 1.95 bits per heavy atom. The summed E-state index contributed by atoms with van der Waals surface area (Å²) >= 11 is 0. The van der Waals surface area contributed by atoms with E-state index in [0.29, 0.717) is 18.0 Å². The standard InChI is InChI=1S/C16H27N3O/c1-12(2)9-14(11-19(3)4)18-16(20)10-13-7-5-6-8-15(13)17/h5-8,12,14H,9-11,17H2,1-4H3,(H,18,20). The van der Waals surface area contributed by atoms with E-state index < -0.39 is 0 Å². The molecule has 112 valence electrons. The number of hydrogen-bond acceptors (Lipinski definition) is 3. The third-order valence-corrected chi connectivity index (χ3v) is 3.11. The van der Waals surface area contributed by atoms with Gasteiger partial charge in [0.2, 0.25) is 5.91 Å². The lowest BCUT2D eigenvalue weighted by molar-refractivity contribution is -0.121. The van der Waals surface area contributed by atoms with E-state index in [1.807, 2.05) is 38.4 Å². The maximum Gasteiger partial charge on any atom is 0.224 e. The second-order valence-corrected chi connectivity index (χ2v) is 6.03. The van der Waals surface area contributed by atoms with E-state index in [4.69, 9.17) is 5.73 Å². The highest BCUT2D eigenvalue weighted by Gasteiger charge is 2.15. The van der Waals surface area contributed by atoms with Crippen molar-refractivity contribution in [2.75, 3.05) is 26.4 Å². The molecule has 3 N–H and O–H groups in total. The number of nitrogens with zero attached hydrogens (tertiary/aromatic N) is 1. The lowest BCUT2D eigenvalue weighted by Gasteiger charge is -2.24. The molecule has 1 rings (SSSR count). The first kappa shape index (κ1) is 16.5. The normalized spacial score (nSPS) is 12.7. The van der Waals surface area contributed by atoms with Crippen molar-refractivity contribution in [1.82, 2.24) is 10.2 Å². The van der Waals surface area contributed by atoms with Crippen LogP contribution in [0.5, 0.6) is 0 Å². The topological polar surface area (TPSA) is 58.4 Å². The number of nitrogens with one attached hydrogen (secondary N) is 1. The molecule has 0 fully saturated rings. The molecule has 1 amide bonds. The zero-order valence-electron chi connectivity index (χ0n) is 13.0. The van der Waals surface area contributed by atoms with Crippen LogP contribution in [0.1, 0.15) is 25.8 Å². The molecule has 0 aliphatic carbocycles. The summed E-state index contributed by atoms with van der Waals surface area (Å²) < 4.78 is 0. The summed E-state index contributed by atoms with van der Waals surface area (Å²) in [4.78, 5) is 14.3. The van der Waals surface area contributed by atoms with Crippen LogP contribution in [0, 0.1) is 5.92 Å². The van der Waals surface area contributed by atoms with Gasteiger partial charge in [0.05, 0.1) is 6.42 Å². The molecule has 0 radical (unpaired) electrons. The molecule has 0 saturated heterocycles. The van der Waals surface area contributed by atoms with Gasteiger partial charge in [0.15, 0.2) is 0 Å². The predicted octanol–water partition coefficient (Wildman–Crippen LogP) is 1.90. The fraction of sp³-hybridized carbons (Fsp3) is 0.562. The Morgan fingerprint density at radius 3 is 2.50 bits per heavy atom. The number of hydrogen-bond donors (Lipinski definition) is 2.